The maximum Gasteiger partial charge on any atom is 0.407 e. The number of carbonyl (C=O) groups excluding carboxylic acids is 1. The summed E-state index contributed by atoms with van der Waals surface area (Å²) < 4.78 is 32.2. The average molecular weight is 323 g/mol. The largest absolute Gasteiger partial charge is 0.444 e. The predicted molar refractivity (Wildman–Crippen MR) is 83.2 cm³/mol. The maximum absolute atomic E-state index is 11.9. The number of nitrogens with zero attached hydrogens (tertiary/aromatic N) is 1. The molecule has 0 spiro atoms. The van der Waals surface area contributed by atoms with Crippen LogP contribution in [0.25, 0.3) is 0 Å². The molecule has 0 heterocycles. The smallest absolute Gasteiger partial charge is 0.407 e. The molecule has 8 heteroatoms. The molecule has 0 aliphatic heterocycles. The molecule has 0 fully saturated rings. The van der Waals surface area contributed by atoms with Crippen molar-refractivity contribution in [2.24, 2.45) is 5.41 Å². The van der Waals surface area contributed by atoms with E-state index in [1.807, 2.05) is 20.8 Å². The minimum absolute atomic E-state index is 0.0866. The number of alkyl carbamates (subject to hydrolysis) is 1. The van der Waals surface area contributed by atoms with Crippen molar-refractivity contribution in [3.63, 3.8) is 0 Å². The Morgan fingerprint density at radius 1 is 1.14 bits per heavy atom. The van der Waals surface area contributed by atoms with Gasteiger partial charge in [-0.05, 0) is 26.2 Å². The van der Waals surface area contributed by atoms with E-state index in [4.69, 9.17) is 4.74 Å². The SMILES string of the molecule is CN(C)S(=O)(=O)NC[C@H](NC(=O)OC(C)(C)C)C(C)(C)C. The van der Waals surface area contributed by atoms with Crippen LogP contribution in [0.1, 0.15) is 41.5 Å². The first-order valence-corrected chi connectivity index (χ1v) is 8.26. The van der Waals surface area contributed by atoms with E-state index in [1.54, 1.807) is 20.8 Å². The number of ether oxygens (including phenoxy) is 1. The van der Waals surface area contributed by atoms with E-state index < -0.39 is 27.9 Å². The van der Waals surface area contributed by atoms with E-state index in [2.05, 4.69) is 10.0 Å². The van der Waals surface area contributed by atoms with Gasteiger partial charge in [0.1, 0.15) is 5.60 Å². The summed E-state index contributed by atoms with van der Waals surface area (Å²) in [7, 11) is -0.653. The molecule has 0 aliphatic carbocycles. The summed E-state index contributed by atoms with van der Waals surface area (Å²) in [5.41, 5.74) is -0.929. The lowest BCUT2D eigenvalue weighted by Gasteiger charge is -2.32. The van der Waals surface area contributed by atoms with Crippen molar-refractivity contribution in [2.75, 3.05) is 20.6 Å². The van der Waals surface area contributed by atoms with Crippen LogP contribution >= 0.6 is 0 Å². The highest BCUT2D eigenvalue weighted by atomic mass is 32.2. The molecule has 0 bridgehead atoms. The number of hydrogen-bond acceptors (Lipinski definition) is 4. The highest BCUT2D eigenvalue weighted by Crippen LogP contribution is 2.19. The van der Waals surface area contributed by atoms with Crippen LogP contribution in [0.4, 0.5) is 4.79 Å². The third-order valence-electron chi connectivity index (χ3n) is 2.69. The zero-order valence-corrected chi connectivity index (χ0v) is 15.1. The third-order valence-corrected chi connectivity index (χ3v) is 4.18. The zero-order chi connectivity index (χ0) is 17.1. The Kier molecular flexibility index (Phi) is 6.65. The first kappa shape index (κ1) is 20.1. The van der Waals surface area contributed by atoms with Gasteiger partial charge in [-0.3, -0.25) is 0 Å². The molecule has 0 aromatic heterocycles. The van der Waals surface area contributed by atoms with E-state index in [9.17, 15) is 13.2 Å². The van der Waals surface area contributed by atoms with Crippen molar-refractivity contribution in [3.05, 3.63) is 0 Å². The number of nitrogens with one attached hydrogen (secondary N) is 2. The molecule has 0 rings (SSSR count). The highest BCUT2D eigenvalue weighted by molar-refractivity contribution is 7.87. The quantitative estimate of drug-likeness (QED) is 0.799. The van der Waals surface area contributed by atoms with Crippen molar-refractivity contribution in [3.8, 4) is 0 Å². The lowest BCUT2D eigenvalue weighted by Crippen LogP contribution is -2.52. The van der Waals surface area contributed by atoms with Gasteiger partial charge in [0.05, 0.1) is 6.04 Å². The Balaban J connectivity index is 4.82. The van der Waals surface area contributed by atoms with Gasteiger partial charge in [0.2, 0.25) is 0 Å². The van der Waals surface area contributed by atoms with E-state index in [1.165, 1.54) is 14.1 Å². The summed E-state index contributed by atoms with van der Waals surface area (Å²) in [5.74, 6) is 0. The molecule has 126 valence electrons. The fourth-order valence-corrected chi connectivity index (χ4v) is 1.98. The number of rotatable bonds is 5. The van der Waals surface area contributed by atoms with Crippen molar-refractivity contribution in [2.45, 2.75) is 53.2 Å². The molecule has 0 aromatic rings. The third kappa shape index (κ3) is 8.23. The molecular weight excluding hydrogens is 294 g/mol. The second kappa shape index (κ2) is 6.93. The van der Waals surface area contributed by atoms with Crippen LogP contribution in [-0.4, -0.2) is 51.1 Å². The molecule has 0 aromatic carbocycles. The Morgan fingerprint density at radius 2 is 1.62 bits per heavy atom. The van der Waals surface area contributed by atoms with Crippen LogP contribution in [0.3, 0.4) is 0 Å². The van der Waals surface area contributed by atoms with E-state index in [0.29, 0.717) is 0 Å². The molecule has 1 amide bonds. The van der Waals surface area contributed by atoms with Crippen molar-refractivity contribution >= 4 is 16.3 Å². The zero-order valence-electron chi connectivity index (χ0n) is 14.3. The Bertz CT molecular complexity index is 447. The van der Waals surface area contributed by atoms with Crippen molar-refractivity contribution in [1.29, 1.82) is 0 Å². The molecule has 0 saturated heterocycles. The van der Waals surface area contributed by atoms with Crippen LogP contribution < -0.4 is 10.0 Å². The Labute approximate surface area is 128 Å². The summed E-state index contributed by atoms with van der Waals surface area (Å²) in [6, 6.07) is -0.401. The molecule has 0 aliphatic rings. The Morgan fingerprint density at radius 3 is 1.95 bits per heavy atom. The summed E-state index contributed by atoms with van der Waals surface area (Å²) >= 11 is 0. The summed E-state index contributed by atoms with van der Waals surface area (Å²) in [5, 5.41) is 2.72. The topological polar surface area (TPSA) is 87.7 Å². The van der Waals surface area contributed by atoms with Gasteiger partial charge in [0.15, 0.2) is 0 Å². The molecular formula is C13H29N3O4S. The van der Waals surface area contributed by atoms with Crippen LogP contribution in [-0.2, 0) is 14.9 Å². The standard InChI is InChI=1S/C13H29N3O4S/c1-12(2,3)10(9-14-21(18,19)16(7)8)15-11(17)20-13(4,5)6/h10,14H,9H2,1-8H3,(H,15,17)/t10-/m0/s1. The first-order valence-electron chi connectivity index (χ1n) is 6.82. The summed E-state index contributed by atoms with van der Waals surface area (Å²) in [4.78, 5) is 11.9. The molecule has 7 nitrogen and oxygen atoms in total. The van der Waals surface area contributed by atoms with Crippen LogP contribution in [0.15, 0.2) is 0 Å². The van der Waals surface area contributed by atoms with Gasteiger partial charge in [0, 0.05) is 20.6 Å². The minimum Gasteiger partial charge on any atom is -0.444 e. The second-order valence-electron chi connectivity index (χ2n) is 7.20. The molecule has 0 unspecified atom stereocenters. The molecule has 2 N–H and O–H groups in total. The number of amides is 1. The monoisotopic (exact) mass is 323 g/mol. The lowest BCUT2D eigenvalue weighted by atomic mass is 9.87. The van der Waals surface area contributed by atoms with E-state index >= 15 is 0 Å². The molecule has 0 radical (unpaired) electrons. The van der Waals surface area contributed by atoms with Gasteiger partial charge in [-0.2, -0.15) is 12.7 Å². The summed E-state index contributed by atoms with van der Waals surface area (Å²) in [6.45, 7) is 11.1. The van der Waals surface area contributed by atoms with Gasteiger partial charge < -0.3 is 10.1 Å². The summed E-state index contributed by atoms with van der Waals surface area (Å²) in [6.07, 6.45) is -0.563. The van der Waals surface area contributed by atoms with Crippen LogP contribution in [0.2, 0.25) is 0 Å². The average Bonchev–Trinajstić information content (AvgIpc) is 2.19. The van der Waals surface area contributed by atoms with Crippen LogP contribution in [0, 0.1) is 5.41 Å². The van der Waals surface area contributed by atoms with Crippen LogP contribution in [0.5, 0.6) is 0 Å². The number of carbonyl (C=O) groups is 1. The van der Waals surface area contributed by atoms with Crippen molar-refractivity contribution < 1.29 is 17.9 Å². The first-order chi connectivity index (χ1) is 9.15. The fraction of sp³-hybridized carbons (Fsp3) is 0.923. The molecule has 0 saturated carbocycles. The van der Waals surface area contributed by atoms with Gasteiger partial charge in [-0.1, -0.05) is 20.8 Å². The van der Waals surface area contributed by atoms with Crippen molar-refractivity contribution in [1.82, 2.24) is 14.3 Å². The van der Waals surface area contributed by atoms with Gasteiger partial charge in [0.25, 0.3) is 10.2 Å². The Hall–Kier alpha value is -0.860. The maximum atomic E-state index is 11.9. The van der Waals surface area contributed by atoms with E-state index in [-0.39, 0.29) is 12.0 Å². The van der Waals surface area contributed by atoms with Gasteiger partial charge in [-0.15, -0.1) is 0 Å². The molecule has 1 atom stereocenters. The second-order valence-corrected chi connectivity index (χ2v) is 9.17. The number of hydrogen-bond donors (Lipinski definition) is 2. The fourth-order valence-electron chi connectivity index (χ4n) is 1.34. The van der Waals surface area contributed by atoms with Gasteiger partial charge >= 0.3 is 6.09 Å². The minimum atomic E-state index is -3.53. The van der Waals surface area contributed by atoms with Gasteiger partial charge in [-0.25, -0.2) is 9.52 Å². The normalized spacial score (nSPS) is 14.9. The molecule has 21 heavy (non-hydrogen) atoms. The lowest BCUT2D eigenvalue weighted by molar-refractivity contribution is 0.0466. The van der Waals surface area contributed by atoms with E-state index in [0.717, 1.165) is 4.31 Å². The predicted octanol–water partition coefficient (Wildman–Crippen LogP) is 1.32. The highest BCUT2D eigenvalue weighted by Gasteiger charge is 2.29.